The monoisotopic (exact) mass is 511 g/mol. The number of anilines is 2. The molecule has 0 aliphatic heterocycles. The van der Waals surface area contributed by atoms with Crippen LogP contribution in [-0.4, -0.2) is 63.8 Å². The van der Waals surface area contributed by atoms with E-state index in [2.05, 4.69) is 58.5 Å². The third kappa shape index (κ3) is 5.96. The Hall–Kier alpha value is -3.17. The van der Waals surface area contributed by atoms with Crippen LogP contribution in [0.5, 0.6) is 5.75 Å². The standard InChI is InChI=1S/C26H34ClN7O2/c1-16(2)34-15-18(13-29-34)24-21(27)14-28-26(32-24)31-22-11-6-17(12-23(22)36-5)25(35)30-19-7-9-20(10-8-19)33(3)4/h6,11-16,19-20H,7-10H2,1-5H3,(H,30,35)(H,28,31,32). The predicted molar refractivity (Wildman–Crippen MR) is 142 cm³/mol. The van der Waals surface area contributed by atoms with E-state index < -0.39 is 0 Å². The van der Waals surface area contributed by atoms with Gasteiger partial charge < -0.3 is 20.3 Å². The molecule has 0 atom stereocenters. The van der Waals surface area contributed by atoms with E-state index in [4.69, 9.17) is 16.3 Å². The van der Waals surface area contributed by atoms with Crippen LogP contribution in [0.2, 0.25) is 5.02 Å². The second-order valence-electron chi connectivity index (χ2n) is 9.68. The van der Waals surface area contributed by atoms with Gasteiger partial charge in [-0.25, -0.2) is 9.97 Å². The molecule has 9 nitrogen and oxygen atoms in total. The highest BCUT2D eigenvalue weighted by molar-refractivity contribution is 6.32. The summed E-state index contributed by atoms with van der Waals surface area (Å²) < 4.78 is 7.41. The molecule has 1 aliphatic rings. The Kier molecular flexibility index (Phi) is 8.11. The van der Waals surface area contributed by atoms with Crippen molar-refractivity contribution in [2.24, 2.45) is 0 Å². The predicted octanol–water partition coefficient (Wildman–Crippen LogP) is 4.93. The Bertz CT molecular complexity index is 1200. The molecule has 0 saturated heterocycles. The summed E-state index contributed by atoms with van der Waals surface area (Å²) >= 11 is 6.38. The number of carbonyl (C=O) groups is 1. The molecule has 1 saturated carbocycles. The number of amides is 1. The normalized spacial score (nSPS) is 17.9. The molecule has 0 spiro atoms. The van der Waals surface area contributed by atoms with Crippen molar-refractivity contribution in [1.29, 1.82) is 0 Å². The summed E-state index contributed by atoms with van der Waals surface area (Å²) in [7, 11) is 5.79. The number of nitrogens with zero attached hydrogens (tertiary/aromatic N) is 5. The number of nitrogens with one attached hydrogen (secondary N) is 2. The zero-order chi connectivity index (χ0) is 25.8. The summed E-state index contributed by atoms with van der Waals surface area (Å²) in [4.78, 5) is 24.1. The third-order valence-corrected chi connectivity index (χ3v) is 6.90. The first-order valence-corrected chi connectivity index (χ1v) is 12.6. The lowest BCUT2D eigenvalue weighted by molar-refractivity contribution is 0.0916. The molecule has 2 N–H and O–H groups in total. The van der Waals surface area contributed by atoms with Crippen LogP contribution >= 0.6 is 11.6 Å². The molecule has 3 aromatic rings. The Morgan fingerprint density at radius 1 is 1.19 bits per heavy atom. The largest absolute Gasteiger partial charge is 0.495 e. The van der Waals surface area contributed by atoms with Gasteiger partial charge in [-0.1, -0.05) is 11.6 Å². The van der Waals surface area contributed by atoms with E-state index in [0.717, 1.165) is 31.2 Å². The maximum atomic E-state index is 12.9. The number of aromatic nitrogens is 4. The topological polar surface area (TPSA) is 97.2 Å². The molecule has 0 unspecified atom stereocenters. The molecule has 1 aliphatic carbocycles. The number of carbonyl (C=O) groups excluding carboxylic acids is 1. The summed E-state index contributed by atoms with van der Waals surface area (Å²) in [5.41, 5.74) is 2.58. The molecule has 4 rings (SSSR count). The van der Waals surface area contributed by atoms with Crippen molar-refractivity contribution in [1.82, 2.24) is 30.0 Å². The molecule has 192 valence electrons. The minimum atomic E-state index is -0.0969. The van der Waals surface area contributed by atoms with Gasteiger partial charge in [-0.2, -0.15) is 5.10 Å². The highest BCUT2D eigenvalue weighted by Crippen LogP contribution is 2.31. The van der Waals surface area contributed by atoms with Gasteiger partial charge in [0.25, 0.3) is 5.91 Å². The van der Waals surface area contributed by atoms with E-state index in [1.54, 1.807) is 37.7 Å². The van der Waals surface area contributed by atoms with Crippen LogP contribution in [0.1, 0.15) is 55.9 Å². The summed E-state index contributed by atoms with van der Waals surface area (Å²) in [6.45, 7) is 4.11. The molecule has 36 heavy (non-hydrogen) atoms. The minimum Gasteiger partial charge on any atom is -0.495 e. The van der Waals surface area contributed by atoms with Gasteiger partial charge in [-0.05, 0) is 71.8 Å². The van der Waals surface area contributed by atoms with E-state index >= 15 is 0 Å². The van der Waals surface area contributed by atoms with Crippen molar-refractivity contribution in [2.75, 3.05) is 26.5 Å². The van der Waals surface area contributed by atoms with Gasteiger partial charge in [-0.15, -0.1) is 0 Å². The number of methoxy groups -OCH3 is 1. The molecular weight excluding hydrogens is 478 g/mol. The highest BCUT2D eigenvalue weighted by Gasteiger charge is 2.24. The van der Waals surface area contributed by atoms with Crippen molar-refractivity contribution in [3.05, 3.63) is 47.4 Å². The van der Waals surface area contributed by atoms with Crippen LogP contribution in [0.4, 0.5) is 11.6 Å². The van der Waals surface area contributed by atoms with Gasteiger partial charge in [0.05, 0.1) is 35.9 Å². The number of hydrogen-bond acceptors (Lipinski definition) is 7. The Morgan fingerprint density at radius 3 is 2.58 bits per heavy atom. The summed E-state index contributed by atoms with van der Waals surface area (Å²) in [5.74, 6) is 0.784. The first-order chi connectivity index (χ1) is 17.2. The molecule has 0 bridgehead atoms. The number of rotatable bonds is 8. The van der Waals surface area contributed by atoms with Gasteiger partial charge in [0.2, 0.25) is 5.95 Å². The fourth-order valence-corrected chi connectivity index (χ4v) is 4.63. The molecule has 0 radical (unpaired) electrons. The van der Waals surface area contributed by atoms with Gasteiger partial charge in [0.1, 0.15) is 5.75 Å². The second kappa shape index (κ2) is 11.3. The number of ether oxygens (including phenoxy) is 1. The van der Waals surface area contributed by atoms with Gasteiger partial charge in [0.15, 0.2) is 0 Å². The van der Waals surface area contributed by atoms with Crippen molar-refractivity contribution < 1.29 is 9.53 Å². The fraction of sp³-hybridized carbons (Fsp3) is 0.462. The zero-order valence-corrected chi connectivity index (χ0v) is 22.2. The molecule has 1 fully saturated rings. The lowest BCUT2D eigenvalue weighted by atomic mass is 9.90. The molecule has 2 aromatic heterocycles. The minimum absolute atomic E-state index is 0.0969. The van der Waals surface area contributed by atoms with Crippen molar-refractivity contribution in [3.63, 3.8) is 0 Å². The molecule has 10 heteroatoms. The van der Waals surface area contributed by atoms with Crippen LogP contribution < -0.4 is 15.4 Å². The summed E-state index contributed by atoms with van der Waals surface area (Å²) in [5, 5.41) is 11.2. The lowest BCUT2D eigenvalue weighted by Crippen LogP contribution is -2.41. The van der Waals surface area contributed by atoms with E-state index in [9.17, 15) is 4.79 Å². The van der Waals surface area contributed by atoms with Gasteiger partial charge in [-0.3, -0.25) is 9.48 Å². The van der Waals surface area contributed by atoms with Crippen LogP contribution in [0.3, 0.4) is 0 Å². The average molecular weight is 512 g/mol. The number of halogens is 1. The van der Waals surface area contributed by atoms with Gasteiger partial charge >= 0.3 is 0 Å². The Balaban J connectivity index is 1.47. The Morgan fingerprint density at radius 2 is 1.94 bits per heavy atom. The highest BCUT2D eigenvalue weighted by atomic mass is 35.5. The maximum Gasteiger partial charge on any atom is 0.251 e. The smallest absolute Gasteiger partial charge is 0.251 e. The van der Waals surface area contributed by atoms with Crippen LogP contribution in [-0.2, 0) is 0 Å². The van der Waals surface area contributed by atoms with Crippen LogP contribution in [0.25, 0.3) is 11.3 Å². The van der Waals surface area contributed by atoms with Crippen molar-refractivity contribution in [3.8, 4) is 17.0 Å². The fourth-order valence-electron chi connectivity index (χ4n) is 4.43. The van der Waals surface area contributed by atoms with E-state index in [1.165, 1.54) is 0 Å². The SMILES string of the molecule is COc1cc(C(=O)NC2CCC(N(C)C)CC2)ccc1Nc1ncc(Cl)c(-c2cnn(C(C)C)c2)n1. The molecular formula is C26H34ClN7O2. The Labute approximate surface area is 217 Å². The van der Waals surface area contributed by atoms with Crippen molar-refractivity contribution in [2.45, 2.75) is 57.7 Å². The first-order valence-electron chi connectivity index (χ1n) is 12.2. The first kappa shape index (κ1) is 25.9. The maximum absolute atomic E-state index is 12.9. The van der Waals surface area contributed by atoms with E-state index in [1.807, 2.05) is 10.9 Å². The second-order valence-corrected chi connectivity index (χ2v) is 10.1. The van der Waals surface area contributed by atoms with Crippen LogP contribution in [0.15, 0.2) is 36.8 Å². The van der Waals surface area contributed by atoms with E-state index in [-0.39, 0.29) is 18.0 Å². The average Bonchev–Trinajstić information content (AvgIpc) is 3.36. The lowest BCUT2D eigenvalue weighted by Gasteiger charge is -2.33. The third-order valence-electron chi connectivity index (χ3n) is 6.62. The number of hydrogen-bond donors (Lipinski definition) is 2. The van der Waals surface area contributed by atoms with Gasteiger partial charge in [0, 0.05) is 35.4 Å². The molecule has 1 aromatic carbocycles. The quantitative estimate of drug-likeness (QED) is 0.442. The summed E-state index contributed by atoms with van der Waals surface area (Å²) in [6, 6.07) is 6.31. The van der Waals surface area contributed by atoms with Crippen molar-refractivity contribution >= 4 is 29.1 Å². The van der Waals surface area contributed by atoms with Crippen LogP contribution in [0, 0.1) is 0 Å². The zero-order valence-electron chi connectivity index (χ0n) is 21.5. The molecule has 1 amide bonds. The summed E-state index contributed by atoms with van der Waals surface area (Å²) in [6.07, 6.45) is 9.34. The number of benzene rings is 1. The van der Waals surface area contributed by atoms with E-state index in [0.29, 0.717) is 39.7 Å². The molecule has 2 heterocycles.